The Morgan fingerprint density at radius 2 is 1.85 bits per heavy atom. The molecule has 1 aliphatic heterocycles. The summed E-state index contributed by atoms with van der Waals surface area (Å²) in [5.41, 5.74) is 0.722. The quantitative estimate of drug-likeness (QED) is 0.548. The molecule has 1 fully saturated rings. The molecule has 0 unspecified atom stereocenters. The maximum absolute atomic E-state index is 12.8. The van der Waals surface area contributed by atoms with E-state index in [9.17, 15) is 13.2 Å². The zero-order valence-corrected chi connectivity index (χ0v) is 16.8. The van der Waals surface area contributed by atoms with Gasteiger partial charge in [0.05, 0.1) is 28.7 Å². The third-order valence-electron chi connectivity index (χ3n) is 4.16. The maximum Gasteiger partial charge on any atom is 0.343 e. The van der Waals surface area contributed by atoms with Crippen molar-refractivity contribution in [3.8, 4) is 5.75 Å². The van der Waals surface area contributed by atoms with Gasteiger partial charge < -0.3 is 9.47 Å². The molecule has 2 aromatic rings. The summed E-state index contributed by atoms with van der Waals surface area (Å²) < 4.78 is 37.5. The standard InChI is InChI=1S/C18H17Cl2NO5S/c1-12-5-6-13(27(23,24)21-7-9-25-10-8-21)11-14(12)18(22)26-16-4-2-3-15(19)17(16)20/h2-6,11H,7-10H2,1H3. The molecule has 144 valence electrons. The van der Waals surface area contributed by atoms with Crippen molar-refractivity contribution in [2.45, 2.75) is 11.8 Å². The summed E-state index contributed by atoms with van der Waals surface area (Å²) in [4.78, 5) is 12.6. The fraction of sp³-hybridized carbons (Fsp3) is 0.278. The number of hydrogen-bond acceptors (Lipinski definition) is 5. The predicted octanol–water partition coefficient (Wildman–Crippen LogP) is 3.54. The summed E-state index contributed by atoms with van der Waals surface area (Å²) in [6.45, 7) is 2.92. The molecule has 0 radical (unpaired) electrons. The molecule has 0 atom stereocenters. The molecule has 0 N–H and O–H groups in total. The monoisotopic (exact) mass is 429 g/mol. The van der Waals surface area contributed by atoms with Gasteiger partial charge in [-0.1, -0.05) is 35.3 Å². The molecule has 0 amide bonds. The van der Waals surface area contributed by atoms with E-state index < -0.39 is 16.0 Å². The van der Waals surface area contributed by atoms with E-state index in [1.165, 1.54) is 22.5 Å². The van der Waals surface area contributed by atoms with Crippen LogP contribution < -0.4 is 4.74 Å². The molecule has 1 saturated heterocycles. The molecule has 0 bridgehead atoms. The fourth-order valence-electron chi connectivity index (χ4n) is 2.64. The number of aryl methyl sites for hydroxylation is 1. The summed E-state index contributed by atoms with van der Waals surface area (Å²) in [5.74, 6) is -0.606. The highest BCUT2D eigenvalue weighted by Crippen LogP contribution is 2.32. The average molecular weight is 430 g/mol. The van der Waals surface area contributed by atoms with Crippen molar-refractivity contribution in [1.82, 2.24) is 4.31 Å². The lowest BCUT2D eigenvalue weighted by Crippen LogP contribution is -2.40. The van der Waals surface area contributed by atoms with Gasteiger partial charge in [-0.2, -0.15) is 4.31 Å². The van der Waals surface area contributed by atoms with Crippen molar-refractivity contribution in [2.24, 2.45) is 0 Å². The second-order valence-electron chi connectivity index (χ2n) is 5.93. The first kappa shape index (κ1) is 20.1. The lowest BCUT2D eigenvalue weighted by atomic mass is 10.1. The number of carbonyl (C=O) groups excluding carboxylic acids is 1. The molecular formula is C18H17Cl2NO5S. The molecule has 1 heterocycles. The first-order valence-electron chi connectivity index (χ1n) is 8.15. The Balaban J connectivity index is 1.91. The topological polar surface area (TPSA) is 72.9 Å². The smallest absolute Gasteiger partial charge is 0.343 e. The minimum Gasteiger partial charge on any atom is -0.421 e. The molecule has 27 heavy (non-hydrogen) atoms. The number of ether oxygens (including phenoxy) is 2. The third-order valence-corrected chi connectivity index (χ3v) is 6.85. The summed E-state index contributed by atoms with van der Waals surface area (Å²) in [7, 11) is -3.72. The lowest BCUT2D eigenvalue weighted by molar-refractivity contribution is 0.0727. The van der Waals surface area contributed by atoms with Crippen molar-refractivity contribution in [3.05, 3.63) is 57.6 Å². The van der Waals surface area contributed by atoms with E-state index in [1.807, 2.05) is 0 Å². The number of hydrogen-bond donors (Lipinski definition) is 0. The second-order valence-corrected chi connectivity index (χ2v) is 8.66. The molecular weight excluding hydrogens is 413 g/mol. The van der Waals surface area contributed by atoms with Gasteiger partial charge in [0.1, 0.15) is 5.02 Å². The van der Waals surface area contributed by atoms with E-state index in [2.05, 4.69) is 0 Å². The summed E-state index contributed by atoms with van der Waals surface area (Å²) in [6.07, 6.45) is 0. The first-order chi connectivity index (χ1) is 12.8. The van der Waals surface area contributed by atoms with E-state index in [-0.39, 0.29) is 39.3 Å². The van der Waals surface area contributed by atoms with Crippen LogP contribution in [0.1, 0.15) is 15.9 Å². The van der Waals surface area contributed by atoms with Gasteiger partial charge in [-0.05, 0) is 36.8 Å². The van der Waals surface area contributed by atoms with Gasteiger partial charge in [0.2, 0.25) is 10.0 Å². The molecule has 0 aromatic heterocycles. The summed E-state index contributed by atoms with van der Waals surface area (Å²) in [6, 6.07) is 9.05. The number of esters is 1. The molecule has 2 aromatic carbocycles. The molecule has 0 aliphatic carbocycles. The highest BCUT2D eigenvalue weighted by Gasteiger charge is 2.27. The highest BCUT2D eigenvalue weighted by molar-refractivity contribution is 7.89. The van der Waals surface area contributed by atoms with Gasteiger partial charge in [0.25, 0.3) is 0 Å². The Morgan fingerprint density at radius 1 is 1.15 bits per heavy atom. The van der Waals surface area contributed by atoms with Crippen LogP contribution in [0.4, 0.5) is 0 Å². The van der Waals surface area contributed by atoms with Gasteiger partial charge in [-0.15, -0.1) is 0 Å². The zero-order valence-electron chi connectivity index (χ0n) is 14.4. The highest BCUT2D eigenvalue weighted by atomic mass is 35.5. The van der Waals surface area contributed by atoms with Crippen LogP contribution in [0.25, 0.3) is 0 Å². The Hall–Kier alpha value is -1.64. The number of nitrogens with zero attached hydrogens (tertiary/aromatic N) is 1. The number of carbonyl (C=O) groups is 1. The number of halogens is 2. The normalized spacial score (nSPS) is 15.5. The number of sulfonamides is 1. The maximum atomic E-state index is 12.8. The van der Waals surface area contributed by atoms with Crippen molar-refractivity contribution < 1.29 is 22.7 Å². The average Bonchev–Trinajstić information content (AvgIpc) is 2.66. The molecule has 1 aliphatic rings. The van der Waals surface area contributed by atoms with Crippen LogP contribution in [0.3, 0.4) is 0 Å². The molecule has 0 saturated carbocycles. The van der Waals surface area contributed by atoms with Crippen molar-refractivity contribution in [3.63, 3.8) is 0 Å². The number of morpholine rings is 1. The largest absolute Gasteiger partial charge is 0.421 e. The van der Waals surface area contributed by atoms with Gasteiger partial charge in [0, 0.05) is 13.1 Å². The van der Waals surface area contributed by atoms with Crippen LogP contribution in [0.5, 0.6) is 5.75 Å². The Morgan fingerprint density at radius 3 is 2.56 bits per heavy atom. The Kier molecular flexibility index (Phi) is 6.08. The molecule has 6 nitrogen and oxygen atoms in total. The minimum atomic E-state index is -3.72. The van der Waals surface area contributed by atoms with E-state index >= 15 is 0 Å². The van der Waals surface area contributed by atoms with E-state index in [4.69, 9.17) is 32.7 Å². The van der Waals surface area contributed by atoms with E-state index in [1.54, 1.807) is 25.1 Å². The summed E-state index contributed by atoms with van der Waals surface area (Å²) >= 11 is 12.0. The Bertz CT molecular complexity index is 972. The second kappa shape index (κ2) is 8.16. The number of benzene rings is 2. The van der Waals surface area contributed by atoms with E-state index in [0.29, 0.717) is 18.8 Å². The van der Waals surface area contributed by atoms with Crippen LogP contribution in [-0.4, -0.2) is 45.0 Å². The van der Waals surface area contributed by atoms with Crippen LogP contribution in [0.2, 0.25) is 10.0 Å². The van der Waals surface area contributed by atoms with Crippen LogP contribution >= 0.6 is 23.2 Å². The van der Waals surface area contributed by atoms with Crippen LogP contribution in [0.15, 0.2) is 41.3 Å². The fourth-order valence-corrected chi connectivity index (χ4v) is 4.40. The predicted molar refractivity (Wildman–Crippen MR) is 102 cm³/mol. The lowest BCUT2D eigenvalue weighted by Gasteiger charge is -2.26. The SMILES string of the molecule is Cc1ccc(S(=O)(=O)N2CCOCC2)cc1C(=O)Oc1cccc(Cl)c1Cl. The third kappa shape index (κ3) is 4.28. The van der Waals surface area contributed by atoms with Crippen molar-refractivity contribution >= 4 is 39.2 Å². The van der Waals surface area contributed by atoms with Gasteiger partial charge in [-0.25, -0.2) is 13.2 Å². The Labute approximate surface area is 167 Å². The minimum absolute atomic E-state index is 0.0270. The zero-order chi connectivity index (χ0) is 19.6. The van der Waals surface area contributed by atoms with Crippen LogP contribution in [0, 0.1) is 6.92 Å². The molecule has 3 rings (SSSR count). The van der Waals surface area contributed by atoms with Crippen LogP contribution in [-0.2, 0) is 14.8 Å². The van der Waals surface area contributed by atoms with E-state index in [0.717, 1.165) is 0 Å². The van der Waals surface area contributed by atoms with Gasteiger partial charge in [0.15, 0.2) is 5.75 Å². The van der Waals surface area contributed by atoms with Gasteiger partial charge >= 0.3 is 5.97 Å². The molecule has 9 heteroatoms. The first-order valence-corrected chi connectivity index (χ1v) is 10.3. The van der Waals surface area contributed by atoms with Gasteiger partial charge in [-0.3, -0.25) is 0 Å². The van der Waals surface area contributed by atoms with Crippen molar-refractivity contribution in [1.29, 1.82) is 0 Å². The molecule has 0 spiro atoms. The summed E-state index contributed by atoms with van der Waals surface area (Å²) in [5, 5.41) is 0.365. The van der Waals surface area contributed by atoms with Crippen molar-refractivity contribution in [2.75, 3.05) is 26.3 Å². The number of rotatable bonds is 4.